The van der Waals surface area contributed by atoms with Gasteiger partial charge in [0, 0.05) is 18.1 Å². The minimum absolute atomic E-state index is 0.134. The van der Waals surface area contributed by atoms with Gasteiger partial charge in [-0.05, 0) is 49.8 Å². The smallest absolute Gasteiger partial charge is 0.422 e. The highest BCUT2D eigenvalue weighted by atomic mass is 19.4. The maximum Gasteiger partial charge on any atom is 0.422 e. The zero-order valence-corrected chi connectivity index (χ0v) is 14.2. The number of nitrogens with zero attached hydrogens (tertiary/aromatic N) is 2. The van der Waals surface area contributed by atoms with Crippen LogP contribution in [0.1, 0.15) is 36.8 Å². The van der Waals surface area contributed by atoms with Crippen molar-refractivity contribution in [2.75, 3.05) is 13.7 Å². The Morgan fingerprint density at radius 1 is 1.31 bits per heavy atom. The number of nitriles is 1. The molecule has 1 aromatic rings. The molecule has 1 aromatic carbocycles. The van der Waals surface area contributed by atoms with E-state index in [-0.39, 0.29) is 6.10 Å². The summed E-state index contributed by atoms with van der Waals surface area (Å²) in [5, 5.41) is 9.08. The highest BCUT2D eigenvalue weighted by Crippen LogP contribution is 2.49. The van der Waals surface area contributed by atoms with Crippen molar-refractivity contribution in [3.63, 3.8) is 0 Å². The lowest BCUT2D eigenvalue weighted by Gasteiger charge is -2.36. The van der Waals surface area contributed by atoms with Crippen molar-refractivity contribution in [2.45, 2.75) is 44.4 Å². The molecule has 1 saturated carbocycles. The Balaban J connectivity index is 1.93. The molecule has 0 heterocycles. The first-order valence-corrected chi connectivity index (χ1v) is 8.30. The lowest BCUT2D eigenvalue weighted by Crippen LogP contribution is -2.35. The van der Waals surface area contributed by atoms with Crippen LogP contribution in [-0.4, -0.2) is 31.7 Å². The Hall–Kier alpha value is -2.14. The molecular weight excluding hydrogens is 352 g/mol. The van der Waals surface area contributed by atoms with Gasteiger partial charge in [0.25, 0.3) is 0 Å². The van der Waals surface area contributed by atoms with E-state index in [9.17, 15) is 17.6 Å². The van der Waals surface area contributed by atoms with Crippen molar-refractivity contribution in [1.82, 2.24) is 0 Å². The number of aliphatic imine (C=N–C) groups is 1. The average Bonchev–Trinajstić information content (AvgIpc) is 2.86. The molecule has 3 rings (SSSR count). The summed E-state index contributed by atoms with van der Waals surface area (Å²) in [4.78, 5) is 3.95. The van der Waals surface area contributed by atoms with E-state index >= 15 is 0 Å². The van der Waals surface area contributed by atoms with Gasteiger partial charge in [0.2, 0.25) is 6.19 Å². The van der Waals surface area contributed by atoms with Crippen LogP contribution in [0.4, 0.5) is 17.6 Å². The predicted molar refractivity (Wildman–Crippen MR) is 85.5 cm³/mol. The maximum absolute atomic E-state index is 14.2. The highest BCUT2D eigenvalue weighted by molar-refractivity contribution is 6.09. The predicted octanol–water partition coefficient (Wildman–Crippen LogP) is 4.17. The van der Waals surface area contributed by atoms with E-state index < -0.39 is 29.8 Å². The number of ether oxygens (including phenoxy) is 2. The van der Waals surface area contributed by atoms with Gasteiger partial charge in [-0.2, -0.15) is 23.4 Å². The molecule has 26 heavy (non-hydrogen) atoms. The van der Waals surface area contributed by atoms with Gasteiger partial charge in [0.1, 0.15) is 0 Å². The first-order valence-electron chi connectivity index (χ1n) is 8.30. The Morgan fingerprint density at radius 2 is 2.00 bits per heavy atom. The third kappa shape index (κ3) is 3.54. The van der Waals surface area contributed by atoms with Crippen LogP contribution in [0.15, 0.2) is 17.1 Å². The van der Waals surface area contributed by atoms with Crippen molar-refractivity contribution in [3.05, 3.63) is 29.1 Å². The number of rotatable bonds is 3. The second-order valence-electron chi connectivity index (χ2n) is 6.80. The van der Waals surface area contributed by atoms with E-state index in [0.29, 0.717) is 23.3 Å². The molecule has 0 amide bonds. The molecule has 0 N–H and O–H groups in total. The number of fused-ring (bicyclic) bond motifs is 1. The molecule has 0 radical (unpaired) electrons. The number of methoxy groups -OCH3 is 1. The van der Waals surface area contributed by atoms with Crippen molar-refractivity contribution >= 4 is 5.71 Å². The first kappa shape index (κ1) is 18.6. The monoisotopic (exact) mass is 370 g/mol. The van der Waals surface area contributed by atoms with Gasteiger partial charge in [-0.25, -0.2) is 4.39 Å². The van der Waals surface area contributed by atoms with E-state index in [1.165, 1.54) is 12.1 Å². The van der Waals surface area contributed by atoms with Crippen molar-refractivity contribution < 1.29 is 27.0 Å². The standard InChI is InChI=1S/C18H18F4N2O2/c1-25-12-2-4-17(5-3-12)8-11-6-14(19)15(26-9-18(20,21)22)7-13(11)16(17)24-10-23/h6-7,12H,2-5,8-9H2,1H3. The Bertz CT molecular complexity index is 760. The van der Waals surface area contributed by atoms with E-state index in [1.54, 1.807) is 13.3 Å². The van der Waals surface area contributed by atoms with Gasteiger partial charge in [-0.15, -0.1) is 0 Å². The summed E-state index contributed by atoms with van der Waals surface area (Å²) in [5.41, 5.74) is 1.26. The van der Waals surface area contributed by atoms with E-state index in [1.807, 2.05) is 0 Å². The number of hydrogen-bond donors (Lipinski definition) is 0. The third-order valence-corrected chi connectivity index (χ3v) is 5.22. The lowest BCUT2D eigenvalue weighted by atomic mass is 9.70. The van der Waals surface area contributed by atoms with Crippen LogP contribution in [0.25, 0.3) is 0 Å². The molecule has 0 saturated heterocycles. The molecule has 0 bridgehead atoms. The first-order chi connectivity index (χ1) is 12.3. The fourth-order valence-corrected chi connectivity index (χ4v) is 3.99. The minimum atomic E-state index is -4.56. The summed E-state index contributed by atoms with van der Waals surface area (Å²) in [6.45, 7) is -1.58. The van der Waals surface area contributed by atoms with Crippen LogP contribution in [0, 0.1) is 22.7 Å². The summed E-state index contributed by atoms with van der Waals surface area (Å²) in [7, 11) is 1.65. The van der Waals surface area contributed by atoms with E-state index in [0.717, 1.165) is 25.7 Å². The number of alkyl halides is 3. The summed E-state index contributed by atoms with van der Waals surface area (Å²) >= 11 is 0. The lowest BCUT2D eigenvalue weighted by molar-refractivity contribution is -0.153. The van der Waals surface area contributed by atoms with Gasteiger partial charge in [-0.1, -0.05) is 0 Å². The summed E-state index contributed by atoms with van der Waals surface area (Å²) in [5.74, 6) is -1.32. The maximum atomic E-state index is 14.2. The molecule has 8 heteroatoms. The third-order valence-electron chi connectivity index (χ3n) is 5.22. The van der Waals surface area contributed by atoms with Crippen molar-refractivity contribution in [3.8, 4) is 11.9 Å². The number of hydrogen-bond acceptors (Lipinski definition) is 4. The summed E-state index contributed by atoms with van der Waals surface area (Å²) in [6.07, 6.45) is 0.883. The van der Waals surface area contributed by atoms with Crippen molar-refractivity contribution in [1.29, 1.82) is 5.26 Å². The zero-order valence-electron chi connectivity index (χ0n) is 14.2. The molecule has 0 unspecified atom stereocenters. The van der Waals surface area contributed by atoms with Gasteiger partial charge in [-0.3, -0.25) is 0 Å². The van der Waals surface area contributed by atoms with E-state index in [4.69, 9.17) is 10.00 Å². The second kappa shape index (κ2) is 6.88. The molecule has 4 nitrogen and oxygen atoms in total. The molecule has 140 valence electrons. The quantitative estimate of drug-likeness (QED) is 0.593. The fourth-order valence-electron chi connectivity index (χ4n) is 3.99. The Labute approximate surface area is 148 Å². The molecule has 1 spiro atoms. The molecule has 0 aliphatic heterocycles. The highest BCUT2D eigenvalue weighted by Gasteiger charge is 2.46. The van der Waals surface area contributed by atoms with Crippen molar-refractivity contribution in [2.24, 2.45) is 10.4 Å². The molecule has 2 aliphatic rings. The topological polar surface area (TPSA) is 54.6 Å². The zero-order chi connectivity index (χ0) is 18.9. The van der Waals surface area contributed by atoms with Crippen LogP contribution in [0.5, 0.6) is 5.75 Å². The van der Waals surface area contributed by atoms with Crippen LogP contribution >= 0.6 is 0 Å². The summed E-state index contributed by atoms with van der Waals surface area (Å²) in [6, 6.07) is 2.44. The largest absolute Gasteiger partial charge is 0.481 e. The SMILES string of the molecule is COC1CCC2(CC1)Cc1cc(F)c(OCC(F)(F)F)cc1C2=NC#N. The molecular formula is C18H18F4N2O2. The van der Waals surface area contributed by atoms with Gasteiger partial charge in [0.05, 0.1) is 11.8 Å². The van der Waals surface area contributed by atoms with Crippen LogP contribution < -0.4 is 4.74 Å². The average molecular weight is 370 g/mol. The van der Waals surface area contributed by atoms with Crippen LogP contribution in [-0.2, 0) is 11.2 Å². The number of benzene rings is 1. The minimum Gasteiger partial charge on any atom is -0.481 e. The van der Waals surface area contributed by atoms with E-state index in [2.05, 4.69) is 9.73 Å². The Kier molecular flexibility index (Phi) is 4.93. The van der Waals surface area contributed by atoms with Gasteiger partial charge >= 0.3 is 6.18 Å². The fraction of sp³-hybridized carbons (Fsp3) is 0.556. The second-order valence-corrected chi connectivity index (χ2v) is 6.80. The molecule has 0 aromatic heterocycles. The summed E-state index contributed by atoms with van der Waals surface area (Å²) < 4.78 is 61.3. The van der Waals surface area contributed by atoms with Gasteiger partial charge in [0.15, 0.2) is 18.2 Å². The molecule has 2 aliphatic carbocycles. The number of halogens is 4. The molecule has 1 fully saturated rings. The van der Waals surface area contributed by atoms with Crippen LogP contribution in [0.3, 0.4) is 0 Å². The Morgan fingerprint density at radius 3 is 2.58 bits per heavy atom. The molecule has 0 atom stereocenters. The van der Waals surface area contributed by atoms with Gasteiger partial charge < -0.3 is 9.47 Å². The van der Waals surface area contributed by atoms with Crippen LogP contribution in [0.2, 0.25) is 0 Å². The normalized spacial score (nSPS) is 26.8.